The predicted molar refractivity (Wildman–Crippen MR) is 117 cm³/mol. The highest BCUT2D eigenvalue weighted by Crippen LogP contribution is 2.31. The fraction of sp³-hybridized carbons (Fsp3) is 0.375. The molecule has 1 N–H and O–H groups in total. The van der Waals surface area contributed by atoms with Crippen molar-refractivity contribution in [1.29, 1.82) is 0 Å². The summed E-state index contributed by atoms with van der Waals surface area (Å²) >= 11 is 0. The molecule has 1 atom stereocenters. The van der Waals surface area contributed by atoms with Crippen LogP contribution >= 0.6 is 0 Å². The number of para-hydroxylation sites is 2. The second-order valence-electron chi connectivity index (χ2n) is 7.33. The molecule has 154 valence electrons. The summed E-state index contributed by atoms with van der Waals surface area (Å²) in [5.41, 5.74) is 2.95. The van der Waals surface area contributed by atoms with Gasteiger partial charge < -0.3 is 9.84 Å². The number of hydrogen-bond acceptors (Lipinski definition) is 4. The molecule has 0 aliphatic heterocycles. The maximum absolute atomic E-state index is 10.2. The maximum Gasteiger partial charge on any atom is 0.227 e. The first-order valence-electron chi connectivity index (χ1n) is 10.4. The Kier molecular flexibility index (Phi) is 7.44. The van der Waals surface area contributed by atoms with E-state index in [0.29, 0.717) is 13.1 Å². The standard InChI is InChI=1S/C24H31N3O2/c1-4-16-26(17-21(28)5-2)18-23-19(3)25-27(20-12-8-6-9-13-20)24(23)29-22-14-10-7-11-15-22/h6-15,21,28H,4-5,16-18H2,1-3H3/t21-/m0/s1. The van der Waals surface area contributed by atoms with E-state index in [1.54, 1.807) is 0 Å². The molecule has 0 saturated heterocycles. The van der Waals surface area contributed by atoms with Crippen LogP contribution in [-0.4, -0.2) is 39.0 Å². The highest BCUT2D eigenvalue weighted by Gasteiger charge is 2.22. The van der Waals surface area contributed by atoms with Crippen molar-refractivity contribution in [3.8, 4) is 17.3 Å². The van der Waals surface area contributed by atoms with Gasteiger partial charge in [-0.25, -0.2) is 4.68 Å². The summed E-state index contributed by atoms with van der Waals surface area (Å²) in [6.45, 7) is 8.44. The highest BCUT2D eigenvalue weighted by atomic mass is 16.5. The SMILES string of the molecule is CCCN(Cc1c(C)nn(-c2ccccc2)c1Oc1ccccc1)C[C@@H](O)CC. The van der Waals surface area contributed by atoms with Gasteiger partial charge in [-0.3, -0.25) is 4.90 Å². The van der Waals surface area contributed by atoms with E-state index in [2.05, 4.69) is 11.8 Å². The first kappa shape index (κ1) is 21.1. The van der Waals surface area contributed by atoms with Gasteiger partial charge in [-0.1, -0.05) is 50.2 Å². The minimum Gasteiger partial charge on any atom is -0.439 e. The molecule has 0 amide bonds. The van der Waals surface area contributed by atoms with Crippen molar-refractivity contribution in [1.82, 2.24) is 14.7 Å². The van der Waals surface area contributed by atoms with Crippen molar-refractivity contribution in [2.24, 2.45) is 0 Å². The lowest BCUT2D eigenvalue weighted by atomic mass is 10.2. The van der Waals surface area contributed by atoms with Gasteiger partial charge in [0.1, 0.15) is 5.75 Å². The molecule has 2 aromatic carbocycles. The summed E-state index contributed by atoms with van der Waals surface area (Å²) in [6.07, 6.45) is 1.44. The van der Waals surface area contributed by atoms with Crippen LogP contribution in [0, 0.1) is 6.92 Å². The normalized spacial score (nSPS) is 12.3. The van der Waals surface area contributed by atoms with Gasteiger partial charge in [0.25, 0.3) is 0 Å². The summed E-state index contributed by atoms with van der Waals surface area (Å²) in [7, 11) is 0. The third-order valence-corrected chi connectivity index (χ3v) is 4.96. The number of hydrogen-bond donors (Lipinski definition) is 1. The zero-order chi connectivity index (χ0) is 20.6. The molecule has 0 fully saturated rings. The van der Waals surface area contributed by atoms with E-state index in [1.165, 1.54) is 0 Å². The predicted octanol–water partition coefficient (Wildman–Crippen LogP) is 4.96. The highest BCUT2D eigenvalue weighted by molar-refractivity contribution is 5.43. The molecule has 3 aromatic rings. The molecule has 0 bridgehead atoms. The van der Waals surface area contributed by atoms with E-state index in [4.69, 9.17) is 9.84 Å². The molecule has 0 aliphatic carbocycles. The molecule has 29 heavy (non-hydrogen) atoms. The van der Waals surface area contributed by atoms with Crippen molar-refractivity contribution in [2.45, 2.75) is 46.3 Å². The molecule has 3 rings (SSSR count). The van der Waals surface area contributed by atoms with E-state index in [9.17, 15) is 5.11 Å². The number of benzene rings is 2. The van der Waals surface area contributed by atoms with Crippen LogP contribution in [0.4, 0.5) is 0 Å². The zero-order valence-electron chi connectivity index (χ0n) is 17.6. The van der Waals surface area contributed by atoms with Crippen LogP contribution in [0.5, 0.6) is 11.6 Å². The summed E-state index contributed by atoms with van der Waals surface area (Å²) in [6, 6.07) is 19.8. The van der Waals surface area contributed by atoms with E-state index < -0.39 is 0 Å². The minimum atomic E-state index is -0.329. The molecule has 1 aromatic heterocycles. The Balaban J connectivity index is 1.99. The van der Waals surface area contributed by atoms with Gasteiger partial charge in [-0.2, -0.15) is 5.10 Å². The monoisotopic (exact) mass is 393 g/mol. The summed E-state index contributed by atoms with van der Waals surface area (Å²) in [5.74, 6) is 1.51. The van der Waals surface area contributed by atoms with Gasteiger partial charge >= 0.3 is 0 Å². The molecule has 0 aliphatic rings. The Bertz CT molecular complexity index is 878. The smallest absolute Gasteiger partial charge is 0.227 e. The lowest BCUT2D eigenvalue weighted by Crippen LogP contribution is -2.32. The Morgan fingerprint density at radius 1 is 1.03 bits per heavy atom. The maximum atomic E-state index is 10.2. The van der Waals surface area contributed by atoms with Crippen molar-refractivity contribution in [3.63, 3.8) is 0 Å². The van der Waals surface area contributed by atoms with E-state index in [-0.39, 0.29) is 6.10 Å². The molecule has 0 spiro atoms. The Labute approximate surface area is 173 Å². The number of aromatic nitrogens is 2. The summed E-state index contributed by atoms with van der Waals surface area (Å²) in [4.78, 5) is 2.28. The zero-order valence-corrected chi connectivity index (χ0v) is 17.6. The fourth-order valence-corrected chi connectivity index (χ4v) is 3.37. The average molecular weight is 394 g/mol. The van der Waals surface area contributed by atoms with Crippen LogP contribution < -0.4 is 4.74 Å². The molecular formula is C24H31N3O2. The van der Waals surface area contributed by atoms with Crippen LogP contribution in [0.25, 0.3) is 5.69 Å². The van der Waals surface area contributed by atoms with Crippen molar-refractivity contribution >= 4 is 0 Å². The number of ether oxygens (including phenoxy) is 1. The third-order valence-electron chi connectivity index (χ3n) is 4.96. The first-order chi connectivity index (χ1) is 14.1. The topological polar surface area (TPSA) is 50.5 Å². The molecule has 0 radical (unpaired) electrons. The number of rotatable bonds is 10. The second-order valence-corrected chi connectivity index (χ2v) is 7.33. The van der Waals surface area contributed by atoms with Gasteiger partial charge in [-0.15, -0.1) is 0 Å². The van der Waals surface area contributed by atoms with Crippen LogP contribution in [0.15, 0.2) is 60.7 Å². The molecule has 1 heterocycles. The second kappa shape index (κ2) is 10.2. The van der Waals surface area contributed by atoms with Crippen LogP contribution in [0.2, 0.25) is 0 Å². The largest absolute Gasteiger partial charge is 0.439 e. The number of aryl methyl sites for hydroxylation is 1. The lowest BCUT2D eigenvalue weighted by molar-refractivity contribution is 0.105. The average Bonchev–Trinajstić information content (AvgIpc) is 3.05. The Morgan fingerprint density at radius 3 is 2.31 bits per heavy atom. The number of aliphatic hydroxyl groups is 1. The molecular weight excluding hydrogens is 362 g/mol. The first-order valence-corrected chi connectivity index (χ1v) is 10.4. The lowest BCUT2D eigenvalue weighted by Gasteiger charge is -2.24. The van der Waals surface area contributed by atoms with Gasteiger partial charge in [-0.05, 0) is 50.6 Å². The summed E-state index contributed by atoms with van der Waals surface area (Å²) in [5, 5.41) is 15.0. The summed E-state index contributed by atoms with van der Waals surface area (Å²) < 4.78 is 8.21. The third kappa shape index (κ3) is 5.46. The van der Waals surface area contributed by atoms with Crippen LogP contribution in [0.3, 0.4) is 0 Å². The molecule has 5 heteroatoms. The molecule has 0 saturated carbocycles. The van der Waals surface area contributed by atoms with Crippen LogP contribution in [-0.2, 0) is 6.54 Å². The minimum absolute atomic E-state index is 0.329. The quantitative estimate of drug-likeness (QED) is 0.529. The van der Waals surface area contributed by atoms with E-state index in [0.717, 1.165) is 48.0 Å². The van der Waals surface area contributed by atoms with Crippen molar-refractivity contribution in [2.75, 3.05) is 13.1 Å². The fourth-order valence-electron chi connectivity index (χ4n) is 3.37. The number of aliphatic hydroxyl groups excluding tert-OH is 1. The molecule has 5 nitrogen and oxygen atoms in total. The van der Waals surface area contributed by atoms with Crippen molar-refractivity contribution < 1.29 is 9.84 Å². The van der Waals surface area contributed by atoms with Gasteiger partial charge in [0.2, 0.25) is 5.88 Å². The van der Waals surface area contributed by atoms with Crippen molar-refractivity contribution in [3.05, 3.63) is 71.9 Å². The van der Waals surface area contributed by atoms with Gasteiger partial charge in [0.15, 0.2) is 0 Å². The van der Waals surface area contributed by atoms with Gasteiger partial charge in [0.05, 0.1) is 23.0 Å². The Morgan fingerprint density at radius 2 is 1.69 bits per heavy atom. The van der Waals surface area contributed by atoms with E-state index >= 15 is 0 Å². The van der Waals surface area contributed by atoms with Crippen LogP contribution in [0.1, 0.15) is 37.9 Å². The molecule has 0 unspecified atom stereocenters. The Hall–Kier alpha value is -2.63. The van der Waals surface area contributed by atoms with E-state index in [1.807, 2.05) is 79.2 Å². The number of nitrogens with zero attached hydrogens (tertiary/aromatic N) is 3. The van der Waals surface area contributed by atoms with Gasteiger partial charge in [0, 0.05) is 13.1 Å².